The zero-order chi connectivity index (χ0) is 9.26. The lowest BCUT2D eigenvalue weighted by molar-refractivity contribution is 0.150. The van der Waals surface area contributed by atoms with E-state index in [4.69, 9.17) is 4.74 Å². The summed E-state index contributed by atoms with van der Waals surface area (Å²) in [5, 5.41) is 9.66. The number of aliphatic hydroxyl groups excluding tert-OH is 1. The van der Waals surface area contributed by atoms with Gasteiger partial charge in [0.25, 0.3) is 0 Å². The molecule has 2 rings (SSSR count). The van der Waals surface area contributed by atoms with E-state index < -0.39 is 6.10 Å². The number of rotatable bonds is 1. The molecular formula is C10H13NO2. The number of aliphatic hydroxyl groups is 1. The molecular weight excluding hydrogens is 166 g/mol. The fourth-order valence-electron chi connectivity index (χ4n) is 1.83. The molecule has 1 aliphatic rings. The predicted molar refractivity (Wildman–Crippen MR) is 48.7 cm³/mol. The van der Waals surface area contributed by atoms with Gasteiger partial charge in [-0.05, 0) is 25.3 Å². The van der Waals surface area contributed by atoms with E-state index >= 15 is 0 Å². The van der Waals surface area contributed by atoms with Crippen molar-refractivity contribution in [2.75, 3.05) is 7.11 Å². The molecule has 1 aromatic rings. The summed E-state index contributed by atoms with van der Waals surface area (Å²) in [5.41, 5.74) is 1.87. The van der Waals surface area contributed by atoms with Crippen molar-refractivity contribution in [2.45, 2.75) is 25.4 Å². The zero-order valence-corrected chi connectivity index (χ0v) is 7.66. The van der Waals surface area contributed by atoms with Crippen LogP contribution in [0.1, 0.15) is 30.2 Å². The van der Waals surface area contributed by atoms with E-state index in [-0.39, 0.29) is 0 Å². The molecule has 0 aromatic carbocycles. The molecule has 13 heavy (non-hydrogen) atoms. The summed E-state index contributed by atoms with van der Waals surface area (Å²) in [6.45, 7) is 0. The number of fused-ring (bicyclic) bond motifs is 1. The first kappa shape index (κ1) is 8.51. The Balaban J connectivity index is 2.48. The maximum atomic E-state index is 9.66. The summed E-state index contributed by atoms with van der Waals surface area (Å²) in [7, 11) is 1.65. The third-order valence-electron chi connectivity index (χ3n) is 2.49. The Hall–Kier alpha value is -1.09. The highest BCUT2D eigenvalue weighted by Crippen LogP contribution is 2.33. The van der Waals surface area contributed by atoms with Gasteiger partial charge < -0.3 is 9.84 Å². The second-order valence-electron chi connectivity index (χ2n) is 3.29. The Kier molecular flexibility index (Phi) is 2.19. The molecule has 1 aliphatic carbocycles. The molecule has 1 atom stereocenters. The van der Waals surface area contributed by atoms with Gasteiger partial charge in [-0.25, -0.2) is 0 Å². The quantitative estimate of drug-likeness (QED) is 0.709. The van der Waals surface area contributed by atoms with Crippen LogP contribution < -0.4 is 4.74 Å². The highest BCUT2D eigenvalue weighted by molar-refractivity contribution is 5.38. The summed E-state index contributed by atoms with van der Waals surface area (Å²) in [6.07, 6.45) is 4.07. The maximum Gasteiger partial charge on any atom is 0.125 e. The lowest BCUT2D eigenvalue weighted by Gasteiger charge is -2.21. The van der Waals surface area contributed by atoms with Gasteiger partial charge in [-0.2, -0.15) is 0 Å². The molecule has 1 aromatic heterocycles. The summed E-state index contributed by atoms with van der Waals surface area (Å²) in [4.78, 5) is 4.18. The van der Waals surface area contributed by atoms with Gasteiger partial charge in [0.15, 0.2) is 0 Å². The summed E-state index contributed by atoms with van der Waals surface area (Å²) < 4.78 is 5.21. The fraction of sp³-hybridized carbons (Fsp3) is 0.500. The van der Waals surface area contributed by atoms with Crippen molar-refractivity contribution >= 4 is 0 Å². The minimum atomic E-state index is -0.404. The van der Waals surface area contributed by atoms with Crippen LogP contribution in [-0.4, -0.2) is 17.2 Å². The number of hydrogen-bond acceptors (Lipinski definition) is 3. The van der Waals surface area contributed by atoms with E-state index in [2.05, 4.69) is 4.98 Å². The van der Waals surface area contributed by atoms with Crippen LogP contribution in [0.2, 0.25) is 0 Å². The lowest BCUT2D eigenvalue weighted by atomic mass is 9.93. The van der Waals surface area contributed by atoms with Crippen LogP contribution in [0.15, 0.2) is 12.3 Å². The van der Waals surface area contributed by atoms with Gasteiger partial charge in [-0.15, -0.1) is 0 Å². The Morgan fingerprint density at radius 1 is 1.62 bits per heavy atom. The first-order chi connectivity index (χ1) is 6.33. The molecule has 1 N–H and O–H groups in total. The Labute approximate surface area is 77.4 Å². The second kappa shape index (κ2) is 3.34. The number of methoxy groups -OCH3 is 1. The van der Waals surface area contributed by atoms with Crippen LogP contribution in [0, 0.1) is 0 Å². The zero-order valence-electron chi connectivity index (χ0n) is 7.66. The summed E-state index contributed by atoms with van der Waals surface area (Å²) in [5.74, 6) is 0.851. The molecule has 0 bridgehead atoms. The topological polar surface area (TPSA) is 42.4 Å². The third-order valence-corrected chi connectivity index (χ3v) is 2.49. The second-order valence-corrected chi connectivity index (χ2v) is 3.29. The Bertz CT molecular complexity index is 312. The molecule has 0 spiro atoms. The predicted octanol–water partition coefficient (Wildman–Crippen LogP) is 1.46. The van der Waals surface area contributed by atoms with Crippen molar-refractivity contribution in [2.24, 2.45) is 0 Å². The van der Waals surface area contributed by atoms with Gasteiger partial charge in [0.1, 0.15) is 5.75 Å². The van der Waals surface area contributed by atoms with Gasteiger partial charge in [0.05, 0.1) is 18.9 Å². The molecule has 0 amide bonds. The van der Waals surface area contributed by atoms with Gasteiger partial charge >= 0.3 is 0 Å². The smallest absolute Gasteiger partial charge is 0.125 e. The van der Waals surface area contributed by atoms with E-state index in [9.17, 15) is 5.11 Å². The van der Waals surface area contributed by atoms with Crippen LogP contribution >= 0.6 is 0 Å². The number of pyridine rings is 1. The first-order valence-electron chi connectivity index (χ1n) is 4.52. The minimum Gasteiger partial charge on any atom is -0.496 e. The van der Waals surface area contributed by atoms with E-state index in [1.807, 2.05) is 6.07 Å². The maximum absolute atomic E-state index is 9.66. The molecule has 3 nitrogen and oxygen atoms in total. The van der Waals surface area contributed by atoms with Crippen molar-refractivity contribution < 1.29 is 9.84 Å². The van der Waals surface area contributed by atoms with E-state index in [1.165, 1.54) is 0 Å². The molecule has 1 unspecified atom stereocenters. The standard InChI is InChI=1S/C10H13NO2/c1-13-9-5-6-11-10-7(9)3-2-4-8(10)12/h5-6,8,12H,2-4H2,1H3. The van der Waals surface area contributed by atoms with Crippen LogP contribution in [0.4, 0.5) is 0 Å². The number of nitrogens with zero attached hydrogens (tertiary/aromatic N) is 1. The third kappa shape index (κ3) is 1.40. The van der Waals surface area contributed by atoms with Crippen molar-refractivity contribution in [3.8, 4) is 5.75 Å². The SMILES string of the molecule is COc1ccnc2c1CCCC2O. The number of ether oxygens (including phenoxy) is 1. The normalized spacial score (nSPS) is 20.9. The summed E-state index contributed by atoms with van der Waals surface area (Å²) >= 11 is 0. The van der Waals surface area contributed by atoms with Crippen LogP contribution in [-0.2, 0) is 6.42 Å². The monoisotopic (exact) mass is 179 g/mol. The highest BCUT2D eigenvalue weighted by atomic mass is 16.5. The van der Waals surface area contributed by atoms with Crippen LogP contribution in [0.25, 0.3) is 0 Å². The average Bonchev–Trinajstić information content (AvgIpc) is 2.18. The van der Waals surface area contributed by atoms with Gasteiger partial charge in [-0.1, -0.05) is 0 Å². The molecule has 3 heteroatoms. The van der Waals surface area contributed by atoms with Crippen LogP contribution in [0.3, 0.4) is 0 Å². The van der Waals surface area contributed by atoms with Gasteiger partial charge in [0, 0.05) is 11.8 Å². The lowest BCUT2D eigenvalue weighted by Crippen LogP contribution is -2.12. The molecule has 0 radical (unpaired) electrons. The van der Waals surface area contributed by atoms with Crippen LogP contribution in [0.5, 0.6) is 5.75 Å². The Morgan fingerprint density at radius 3 is 3.23 bits per heavy atom. The van der Waals surface area contributed by atoms with Crippen molar-refractivity contribution in [1.29, 1.82) is 0 Å². The molecule has 0 fully saturated rings. The van der Waals surface area contributed by atoms with E-state index in [0.717, 1.165) is 36.3 Å². The largest absolute Gasteiger partial charge is 0.496 e. The number of aromatic nitrogens is 1. The first-order valence-corrected chi connectivity index (χ1v) is 4.52. The van der Waals surface area contributed by atoms with Gasteiger partial charge in [0.2, 0.25) is 0 Å². The average molecular weight is 179 g/mol. The van der Waals surface area contributed by atoms with E-state index in [0.29, 0.717) is 0 Å². The van der Waals surface area contributed by atoms with Crippen molar-refractivity contribution in [3.63, 3.8) is 0 Å². The molecule has 70 valence electrons. The fourth-order valence-corrected chi connectivity index (χ4v) is 1.83. The molecule has 0 aliphatic heterocycles. The Morgan fingerprint density at radius 2 is 2.46 bits per heavy atom. The molecule has 1 heterocycles. The molecule has 0 saturated carbocycles. The van der Waals surface area contributed by atoms with E-state index in [1.54, 1.807) is 13.3 Å². The minimum absolute atomic E-state index is 0.404. The van der Waals surface area contributed by atoms with Crippen molar-refractivity contribution in [3.05, 3.63) is 23.5 Å². The summed E-state index contributed by atoms with van der Waals surface area (Å²) in [6, 6.07) is 1.84. The molecule has 0 saturated heterocycles. The highest BCUT2D eigenvalue weighted by Gasteiger charge is 2.21. The van der Waals surface area contributed by atoms with Gasteiger partial charge in [-0.3, -0.25) is 4.98 Å². The number of hydrogen-bond donors (Lipinski definition) is 1. The van der Waals surface area contributed by atoms with Crippen molar-refractivity contribution in [1.82, 2.24) is 4.98 Å².